The quantitative estimate of drug-likeness (QED) is 0.454. The molecule has 0 amide bonds. The van der Waals surface area contributed by atoms with E-state index in [4.69, 9.17) is 8.85 Å². The number of hydrogen-bond acceptors (Lipinski definition) is 2. The summed E-state index contributed by atoms with van der Waals surface area (Å²) in [5, 5.41) is 1.27. The fraction of sp³-hybridized carbons (Fsp3) is 0.647. The predicted molar refractivity (Wildman–Crippen MR) is 87.5 cm³/mol. The van der Waals surface area contributed by atoms with Crippen LogP contribution in [0.25, 0.3) is 0 Å². The minimum atomic E-state index is -1.28. The Morgan fingerprint density at radius 3 is 2.10 bits per heavy atom. The summed E-state index contributed by atoms with van der Waals surface area (Å²) in [5.74, 6) is 0. The average molecular weight is 294 g/mol. The maximum Gasteiger partial charge on any atom is 0.423 e. The largest absolute Gasteiger partial charge is 0.423 e. The van der Waals surface area contributed by atoms with E-state index >= 15 is 0 Å². The zero-order valence-electron chi connectivity index (χ0n) is 13.3. The summed E-state index contributed by atoms with van der Waals surface area (Å²) in [7, 11) is 2.19. The van der Waals surface area contributed by atoms with Crippen LogP contribution in [0.2, 0.25) is 0 Å². The first-order chi connectivity index (χ1) is 9.83. The Kier molecular flexibility index (Phi) is 9.63. The molecule has 0 fully saturated rings. The Hall–Kier alpha value is -0.643. The van der Waals surface area contributed by atoms with Crippen molar-refractivity contribution in [3.8, 4) is 0 Å². The SMILES string of the molecule is CCCCCCCCCc1ccccc1[Si](OC)OC. The zero-order valence-corrected chi connectivity index (χ0v) is 14.3. The molecule has 0 bridgehead atoms. The molecule has 20 heavy (non-hydrogen) atoms. The van der Waals surface area contributed by atoms with E-state index in [2.05, 4.69) is 31.2 Å². The number of unbranched alkanes of at least 4 members (excludes halogenated alkanes) is 6. The Labute approximate surface area is 126 Å². The molecule has 113 valence electrons. The van der Waals surface area contributed by atoms with Crippen molar-refractivity contribution in [1.82, 2.24) is 0 Å². The van der Waals surface area contributed by atoms with E-state index in [1.807, 2.05) is 0 Å². The van der Waals surface area contributed by atoms with Gasteiger partial charge in [0.2, 0.25) is 0 Å². The lowest BCUT2D eigenvalue weighted by Crippen LogP contribution is -2.37. The molecule has 0 saturated carbocycles. The van der Waals surface area contributed by atoms with Crippen LogP contribution in [0.5, 0.6) is 0 Å². The van der Waals surface area contributed by atoms with Crippen LogP contribution in [0.4, 0.5) is 0 Å². The molecule has 1 aromatic rings. The number of hydrogen-bond donors (Lipinski definition) is 0. The monoisotopic (exact) mass is 293 g/mol. The second-order valence-corrected chi connectivity index (χ2v) is 7.15. The van der Waals surface area contributed by atoms with Gasteiger partial charge in [0.05, 0.1) is 0 Å². The molecule has 3 heteroatoms. The van der Waals surface area contributed by atoms with Crippen LogP contribution in [0.15, 0.2) is 24.3 Å². The molecular weight excluding hydrogens is 264 g/mol. The second kappa shape index (κ2) is 11.1. The summed E-state index contributed by atoms with van der Waals surface area (Å²) in [6.45, 7) is 2.27. The molecule has 0 aromatic heterocycles. The Morgan fingerprint density at radius 2 is 1.45 bits per heavy atom. The van der Waals surface area contributed by atoms with Gasteiger partial charge in [-0.15, -0.1) is 0 Å². The maximum absolute atomic E-state index is 5.48. The van der Waals surface area contributed by atoms with Gasteiger partial charge in [-0.1, -0.05) is 69.7 Å². The molecule has 0 aliphatic carbocycles. The lowest BCUT2D eigenvalue weighted by molar-refractivity contribution is 0.291. The van der Waals surface area contributed by atoms with Gasteiger partial charge in [0.25, 0.3) is 0 Å². The van der Waals surface area contributed by atoms with Gasteiger partial charge >= 0.3 is 9.28 Å². The summed E-state index contributed by atoms with van der Waals surface area (Å²) in [4.78, 5) is 0. The lowest BCUT2D eigenvalue weighted by atomic mass is 10.0. The second-order valence-electron chi connectivity index (χ2n) is 5.22. The van der Waals surface area contributed by atoms with E-state index < -0.39 is 9.28 Å². The van der Waals surface area contributed by atoms with Crippen LogP contribution in [0, 0.1) is 0 Å². The molecule has 0 saturated heterocycles. The molecule has 0 spiro atoms. The summed E-state index contributed by atoms with van der Waals surface area (Å²) >= 11 is 0. The topological polar surface area (TPSA) is 18.5 Å². The van der Waals surface area contributed by atoms with Crippen LogP contribution in [-0.4, -0.2) is 23.5 Å². The van der Waals surface area contributed by atoms with Crippen LogP contribution in [0.1, 0.15) is 57.4 Å². The summed E-state index contributed by atoms with van der Waals surface area (Å²) in [6, 6.07) is 8.56. The molecule has 1 radical (unpaired) electrons. The molecule has 1 rings (SSSR count). The van der Waals surface area contributed by atoms with Gasteiger partial charge in [0.1, 0.15) is 0 Å². The van der Waals surface area contributed by atoms with Gasteiger partial charge in [-0.2, -0.15) is 0 Å². The number of benzene rings is 1. The summed E-state index contributed by atoms with van der Waals surface area (Å²) in [5.41, 5.74) is 1.40. The Balaban J connectivity index is 2.36. The minimum absolute atomic E-state index is 1.14. The fourth-order valence-electron chi connectivity index (χ4n) is 2.51. The number of rotatable bonds is 11. The molecule has 0 aliphatic rings. The van der Waals surface area contributed by atoms with Crippen molar-refractivity contribution in [2.75, 3.05) is 14.2 Å². The average Bonchev–Trinajstić information content (AvgIpc) is 2.49. The smallest absolute Gasteiger partial charge is 0.393 e. The third-order valence-electron chi connectivity index (χ3n) is 3.66. The molecule has 0 heterocycles. The summed E-state index contributed by atoms with van der Waals surface area (Å²) in [6.07, 6.45) is 10.6. The van der Waals surface area contributed by atoms with E-state index in [-0.39, 0.29) is 0 Å². The summed E-state index contributed by atoms with van der Waals surface area (Å²) < 4.78 is 11.0. The fourth-order valence-corrected chi connectivity index (χ4v) is 3.82. The van der Waals surface area contributed by atoms with Crippen LogP contribution in [0.3, 0.4) is 0 Å². The lowest BCUT2D eigenvalue weighted by Gasteiger charge is -2.14. The van der Waals surface area contributed by atoms with E-state index in [1.165, 1.54) is 55.7 Å². The molecule has 0 N–H and O–H groups in total. The number of aryl methyl sites for hydroxylation is 1. The first kappa shape index (κ1) is 17.4. The van der Waals surface area contributed by atoms with Crippen molar-refractivity contribution in [2.24, 2.45) is 0 Å². The van der Waals surface area contributed by atoms with Crippen LogP contribution < -0.4 is 5.19 Å². The van der Waals surface area contributed by atoms with Gasteiger partial charge in [-0.3, -0.25) is 0 Å². The standard InChI is InChI=1S/C17H29O2Si/c1-4-5-6-7-8-9-10-13-16-14-11-12-15-17(16)20(18-2)19-3/h11-12,14-15H,4-10,13H2,1-3H3. The highest BCUT2D eigenvalue weighted by Gasteiger charge is 2.18. The van der Waals surface area contributed by atoms with Crippen molar-refractivity contribution < 1.29 is 8.85 Å². The molecular formula is C17H29O2Si. The Bertz CT molecular complexity index is 351. The zero-order chi connectivity index (χ0) is 14.6. The normalized spacial score (nSPS) is 11.2. The van der Waals surface area contributed by atoms with Crippen LogP contribution in [-0.2, 0) is 15.3 Å². The molecule has 2 nitrogen and oxygen atoms in total. The molecule has 1 aromatic carbocycles. The first-order valence-electron chi connectivity index (χ1n) is 7.86. The van der Waals surface area contributed by atoms with E-state index in [9.17, 15) is 0 Å². The van der Waals surface area contributed by atoms with E-state index in [0.29, 0.717) is 0 Å². The van der Waals surface area contributed by atoms with Crippen molar-refractivity contribution in [3.63, 3.8) is 0 Å². The highest BCUT2D eigenvalue weighted by Crippen LogP contribution is 2.10. The van der Waals surface area contributed by atoms with Crippen molar-refractivity contribution in [1.29, 1.82) is 0 Å². The Morgan fingerprint density at radius 1 is 0.850 bits per heavy atom. The first-order valence-corrected chi connectivity index (χ1v) is 9.18. The van der Waals surface area contributed by atoms with Gasteiger partial charge in [-0.05, 0) is 23.6 Å². The van der Waals surface area contributed by atoms with Crippen molar-refractivity contribution in [2.45, 2.75) is 58.3 Å². The third kappa shape index (κ3) is 6.20. The highest BCUT2D eigenvalue weighted by molar-refractivity contribution is 6.61. The van der Waals surface area contributed by atoms with Gasteiger partial charge < -0.3 is 8.85 Å². The molecule has 0 atom stereocenters. The van der Waals surface area contributed by atoms with Gasteiger partial charge in [-0.25, -0.2) is 0 Å². The molecule has 0 unspecified atom stereocenters. The third-order valence-corrected chi connectivity index (χ3v) is 5.33. The maximum atomic E-state index is 5.48. The highest BCUT2D eigenvalue weighted by atomic mass is 28.3. The van der Waals surface area contributed by atoms with Crippen molar-refractivity contribution in [3.05, 3.63) is 29.8 Å². The van der Waals surface area contributed by atoms with E-state index in [1.54, 1.807) is 14.2 Å². The van der Waals surface area contributed by atoms with Gasteiger partial charge in [0.15, 0.2) is 0 Å². The van der Waals surface area contributed by atoms with E-state index in [0.717, 1.165) is 6.42 Å². The van der Waals surface area contributed by atoms with Gasteiger partial charge in [0, 0.05) is 14.2 Å². The van der Waals surface area contributed by atoms with Crippen LogP contribution >= 0.6 is 0 Å². The minimum Gasteiger partial charge on any atom is -0.393 e. The predicted octanol–water partition coefficient (Wildman–Crippen LogP) is 3.97. The molecule has 0 aliphatic heterocycles. The van der Waals surface area contributed by atoms with Crippen molar-refractivity contribution >= 4 is 14.5 Å².